The van der Waals surface area contributed by atoms with Gasteiger partial charge >= 0.3 is 6.18 Å². The van der Waals surface area contributed by atoms with E-state index < -0.39 is 28.4 Å². The molecule has 0 aromatic rings. The molecule has 5 nitrogen and oxygen atoms in total. The zero-order chi connectivity index (χ0) is 16.5. The maximum Gasteiger partial charge on any atom is 0.414 e. The molecule has 2 rings (SSSR count). The first kappa shape index (κ1) is 18.0. The van der Waals surface area contributed by atoms with Crippen LogP contribution in [0.5, 0.6) is 0 Å². The van der Waals surface area contributed by atoms with Gasteiger partial charge in [-0.3, -0.25) is 0 Å². The van der Waals surface area contributed by atoms with Crippen molar-refractivity contribution in [1.82, 2.24) is 8.61 Å². The van der Waals surface area contributed by atoms with Gasteiger partial charge in [0.05, 0.1) is 0 Å². The lowest BCUT2D eigenvalue weighted by Gasteiger charge is -2.38. The van der Waals surface area contributed by atoms with E-state index in [2.05, 4.69) is 0 Å². The lowest BCUT2D eigenvalue weighted by molar-refractivity contribution is -0.222. The normalized spacial score (nSPS) is 28.7. The molecular weight excluding hydrogens is 321 g/mol. The third-order valence-electron chi connectivity index (χ3n) is 4.55. The third kappa shape index (κ3) is 3.93. The maximum atomic E-state index is 12.5. The number of rotatable bonds is 3. The summed E-state index contributed by atoms with van der Waals surface area (Å²) < 4.78 is 65.3. The SMILES string of the molecule is C[C@@H]1CCCN(S(=O)(=O)N2CCC([C@H](O)C(F)(F)F)CC2)C1. The molecule has 2 atom stereocenters. The van der Waals surface area contributed by atoms with E-state index in [9.17, 15) is 26.7 Å². The minimum atomic E-state index is -4.64. The van der Waals surface area contributed by atoms with Gasteiger partial charge < -0.3 is 5.11 Å². The number of hydrogen-bond donors (Lipinski definition) is 1. The summed E-state index contributed by atoms with van der Waals surface area (Å²) >= 11 is 0. The van der Waals surface area contributed by atoms with Gasteiger partial charge in [0, 0.05) is 26.2 Å². The number of nitrogens with zero attached hydrogens (tertiary/aromatic N) is 2. The van der Waals surface area contributed by atoms with Crippen LogP contribution in [0.3, 0.4) is 0 Å². The first-order valence-electron chi connectivity index (χ1n) is 7.62. The Bertz CT molecular complexity index is 475. The number of aliphatic hydroxyl groups is 1. The molecule has 2 heterocycles. The third-order valence-corrected chi connectivity index (χ3v) is 6.55. The molecule has 0 amide bonds. The fourth-order valence-corrected chi connectivity index (χ4v) is 5.01. The molecule has 0 aliphatic carbocycles. The van der Waals surface area contributed by atoms with E-state index in [1.807, 2.05) is 6.92 Å². The number of halogens is 3. The van der Waals surface area contributed by atoms with E-state index >= 15 is 0 Å². The zero-order valence-corrected chi connectivity index (χ0v) is 13.4. The van der Waals surface area contributed by atoms with Crippen molar-refractivity contribution < 1.29 is 26.7 Å². The lowest BCUT2D eigenvalue weighted by atomic mass is 9.92. The Labute approximate surface area is 129 Å². The Morgan fingerprint density at radius 3 is 2.18 bits per heavy atom. The van der Waals surface area contributed by atoms with Crippen LogP contribution in [0.1, 0.15) is 32.6 Å². The summed E-state index contributed by atoms with van der Waals surface area (Å²) in [5.74, 6) is -0.625. The first-order chi connectivity index (χ1) is 10.1. The summed E-state index contributed by atoms with van der Waals surface area (Å²) in [6.45, 7) is 2.99. The highest BCUT2D eigenvalue weighted by atomic mass is 32.2. The number of alkyl halides is 3. The Hall–Kier alpha value is -0.380. The summed E-state index contributed by atoms with van der Waals surface area (Å²) in [4.78, 5) is 0. The van der Waals surface area contributed by atoms with Gasteiger partial charge in [0.25, 0.3) is 10.2 Å². The lowest BCUT2D eigenvalue weighted by Crippen LogP contribution is -2.51. The minimum Gasteiger partial charge on any atom is -0.383 e. The maximum absolute atomic E-state index is 12.5. The molecular formula is C13H23F3N2O3S. The van der Waals surface area contributed by atoms with Crippen LogP contribution >= 0.6 is 0 Å². The molecule has 0 aromatic heterocycles. The van der Waals surface area contributed by atoms with Crippen LogP contribution in [-0.2, 0) is 10.2 Å². The molecule has 22 heavy (non-hydrogen) atoms. The number of hydrogen-bond acceptors (Lipinski definition) is 3. The first-order valence-corrected chi connectivity index (χ1v) is 9.02. The molecule has 1 N–H and O–H groups in total. The Morgan fingerprint density at radius 2 is 1.68 bits per heavy atom. The molecule has 0 unspecified atom stereocenters. The molecule has 0 aromatic carbocycles. The Morgan fingerprint density at radius 1 is 1.09 bits per heavy atom. The van der Waals surface area contributed by atoms with E-state index in [1.165, 1.54) is 8.61 Å². The Kier molecular flexibility index (Phi) is 5.41. The van der Waals surface area contributed by atoms with E-state index in [4.69, 9.17) is 0 Å². The molecule has 0 spiro atoms. The van der Waals surface area contributed by atoms with Crippen molar-refractivity contribution in [2.75, 3.05) is 26.2 Å². The van der Waals surface area contributed by atoms with E-state index in [1.54, 1.807) is 0 Å². The van der Waals surface area contributed by atoms with Crippen molar-refractivity contribution >= 4 is 10.2 Å². The van der Waals surface area contributed by atoms with Gasteiger partial charge in [0.2, 0.25) is 0 Å². The molecule has 0 bridgehead atoms. The van der Waals surface area contributed by atoms with Crippen LogP contribution in [0, 0.1) is 11.8 Å². The smallest absolute Gasteiger partial charge is 0.383 e. The monoisotopic (exact) mass is 344 g/mol. The molecule has 9 heteroatoms. The molecule has 2 aliphatic rings. The van der Waals surface area contributed by atoms with E-state index in [-0.39, 0.29) is 25.9 Å². The van der Waals surface area contributed by atoms with E-state index in [0.29, 0.717) is 19.0 Å². The van der Waals surface area contributed by atoms with Gasteiger partial charge in [-0.2, -0.15) is 30.2 Å². The molecule has 2 aliphatic heterocycles. The van der Waals surface area contributed by atoms with Crippen LogP contribution in [0.2, 0.25) is 0 Å². The molecule has 2 saturated heterocycles. The topological polar surface area (TPSA) is 60.9 Å². The quantitative estimate of drug-likeness (QED) is 0.846. The molecule has 130 valence electrons. The summed E-state index contributed by atoms with van der Waals surface area (Å²) in [6.07, 6.45) is -5.15. The number of piperidine rings is 2. The molecule has 2 fully saturated rings. The fraction of sp³-hybridized carbons (Fsp3) is 1.00. The fourth-order valence-electron chi connectivity index (χ4n) is 3.21. The van der Waals surface area contributed by atoms with Crippen LogP contribution in [-0.4, -0.2) is 60.6 Å². The van der Waals surface area contributed by atoms with Crippen molar-refractivity contribution in [3.8, 4) is 0 Å². The second-order valence-electron chi connectivity index (χ2n) is 6.34. The highest BCUT2D eigenvalue weighted by molar-refractivity contribution is 7.86. The minimum absolute atomic E-state index is 0.0311. The highest BCUT2D eigenvalue weighted by Gasteiger charge is 2.45. The van der Waals surface area contributed by atoms with Crippen molar-refractivity contribution in [2.45, 2.75) is 44.9 Å². The van der Waals surface area contributed by atoms with Crippen molar-refractivity contribution in [2.24, 2.45) is 11.8 Å². The van der Waals surface area contributed by atoms with Crippen LogP contribution in [0.15, 0.2) is 0 Å². The van der Waals surface area contributed by atoms with Crippen LogP contribution in [0.25, 0.3) is 0 Å². The second kappa shape index (κ2) is 6.62. The largest absolute Gasteiger partial charge is 0.414 e. The summed E-state index contributed by atoms with van der Waals surface area (Å²) in [5, 5.41) is 9.28. The molecule has 0 saturated carbocycles. The van der Waals surface area contributed by atoms with Gasteiger partial charge in [0.1, 0.15) is 0 Å². The zero-order valence-electron chi connectivity index (χ0n) is 12.6. The predicted octanol–water partition coefficient (Wildman–Crippen LogP) is 1.60. The second-order valence-corrected chi connectivity index (χ2v) is 8.26. The summed E-state index contributed by atoms with van der Waals surface area (Å²) in [6, 6.07) is 0. The summed E-state index contributed by atoms with van der Waals surface area (Å²) in [7, 11) is -3.60. The van der Waals surface area contributed by atoms with Gasteiger partial charge in [-0.15, -0.1) is 0 Å². The average molecular weight is 344 g/mol. The van der Waals surface area contributed by atoms with Crippen molar-refractivity contribution in [3.63, 3.8) is 0 Å². The van der Waals surface area contributed by atoms with Crippen molar-refractivity contribution in [1.29, 1.82) is 0 Å². The van der Waals surface area contributed by atoms with Crippen LogP contribution in [0.4, 0.5) is 13.2 Å². The number of aliphatic hydroxyl groups excluding tert-OH is 1. The summed E-state index contributed by atoms with van der Waals surface area (Å²) in [5.41, 5.74) is 0. The van der Waals surface area contributed by atoms with Gasteiger partial charge in [-0.1, -0.05) is 6.92 Å². The molecule has 0 radical (unpaired) electrons. The van der Waals surface area contributed by atoms with E-state index in [0.717, 1.165) is 12.8 Å². The predicted molar refractivity (Wildman–Crippen MR) is 75.2 cm³/mol. The standard InChI is InChI=1S/C13H23F3N2O3S/c1-10-3-2-6-18(9-10)22(20,21)17-7-4-11(5-8-17)12(19)13(14,15)16/h10-12,19H,2-9H2,1H3/t10-,12+/m1/s1. The van der Waals surface area contributed by atoms with Gasteiger partial charge in [-0.05, 0) is 37.5 Å². The Balaban J connectivity index is 1.96. The average Bonchev–Trinajstić information content (AvgIpc) is 2.45. The highest BCUT2D eigenvalue weighted by Crippen LogP contribution is 2.33. The van der Waals surface area contributed by atoms with Gasteiger partial charge in [-0.25, -0.2) is 0 Å². The van der Waals surface area contributed by atoms with Crippen LogP contribution < -0.4 is 0 Å². The van der Waals surface area contributed by atoms with Crippen molar-refractivity contribution in [3.05, 3.63) is 0 Å². The van der Waals surface area contributed by atoms with Gasteiger partial charge in [0.15, 0.2) is 6.10 Å².